The third-order valence-corrected chi connectivity index (χ3v) is 4.28. The van der Waals surface area contributed by atoms with Gasteiger partial charge < -0.3 is 10.2 Å². The number of carbonyl (C=O) groups excluding carboxylic acids is 1. The van der Waals surface area contributed by atoms with Crippen LogP contribution < -0.4 is 5.32 Å². The molecular formula is C20H19ClN4O. The standard InChI is InChI=1S/C20H19ClN4O/c1-15-8-9-16(12-19(15)21)24-20(26)25(13-17-6-2-4-10-22-17)14-18-7-3-5-11-23-18/h2-12H,13-14H2,1H3,(H,24,26). The van der Waals surface area contributed by atoms with Gasteiger partial charge in [0.05, 0.1) is 24.5 Å². The molecule has 26 heavy (non-hydrogen) atoms. The van der Waals surface area contributed by atoms with E-state index in [1.54, 1.807) is 23.4 Å². The molecule has 0 saturated carbocycles. The smallest absolute Gasteiger partial charge is 0.313 e. The summed E-state index contributed by atoms with van der Waals surface area (Å²) >= 11 is 6.15. The fraction of sp³-hybridized carbons (Fsp3) is 0.150. The number of amides is 2. The zero-order valence-corrected chi connectivity index (χ0v) is 15.1. The number of rotatable bonds is 5. The van der Waals surface area contributed by atoms with Gasteiger partial charge in [-0.25, -0.2) is 4.79 Å². The third-order valence-electron chi connectivity index (χ3n) is 3.87. The van der Waals surface area contributed by atoms with E-state index in [0.717, 1.165) is 17.0 Å². The molecule has 3 rings (SSSR count). The van der Waals surface area contributed by atoms with Crippen LogP contribution in [0.1, 0.15) is 17.0 Å². The number of nitrogens with zero attached hydrogens (tertiary/aromatic N) is 3. The van der Waals surface area contributed by atoms with Crippen molar-refractivity contribution in [2.24, 2.45) is 0 Å². The van der Waals surface area contributed by atoms with Crippen molar-refractivity contribution < 1.29 is 4.79 Å². The fourth-order valence-corrected chi connectivity index (χ4v) is 2.63. The summed E-state index contributed by atoms with van der Waals surface area (Å²) < 4.78 is 0. The predicted octanol–water partition coefficient (Wildman–Crippen LogP) is 4.67. The number of pyridine rings is 2. The van der Waals surface area contributed by atoms with Crippen LogP contribution in [0.4, 0.5) is 10.5 Å². The van der Waals surface area contributed by atoms with Gasteiger partial charge in [0.1, 0.15) is 0 Å². The highest BCUT2D eigenvalue weighted by Gasteiger charge is 2.16. The summed E-state index contributed by atoms with van der Waals surface area (Å²) in [5, 5.41) is 3.51. The molecule has 6 heteroatoms. The predicted molar refractivity (Wildman–Crippen MR) is 103 cm³/mol. The summed E-state index contributed by atoms with van der Waals surface area (Å²) in [6.07, 6.45) is 3.43. The van der Waals surface area contributed by atoms with Crippen LogP contribution in [0.3, 0.4) is 0 Å². The van der Waals surface area contributed by atoms with E-state index in [1.807, 2.05) is 55.5 Å². The highest BCUT2D eigenvalue weighted by atomic mass is 35.5. The Balaban J connectivity index is 1.78. The molecule has 3 aromatic rings. The van der Waals surface area contributed by atoms with Crippen LogP contribution in [0.15, 0.2) is 67.0 Å². The summed E-state index contributed by atoms with van der Waals surface area (Å²) in [6, 6.07) is 16.5. The van der Waals surface area contributed by atoms with Crippen molar-refractivity contribution in [3.63, 3.8) is 0 Å². The van der Waals surface area contributed by atoms with Gasteiger partial charge in [-0.05, 0) is 48.9 Å². The van der Waals surface area contributed by atoms with E-state index in [4.69, 9.17) is 11.6 Å². The van der Waals surface area contributed by atoms with Crippen LogP contribution >= 0.6 is 11.6 Å². The molecule has 0 radical (unpaired) electrons. The number of urea groups is 1. The van der Waals surface area contributed by atoms with Crippen LogP contribution in [0.2, 0.25) is 5.02 Å². The molecular weight excluding hydrogens is 348 g/mol. The molecule has 2 heterocycles. The van der Waals surface area contributed by atoms with Gasteiger partial charge in [0.2, 0.25) is 0 Å². The molecule has 1 N–H and O–H groups in total. The first-order valence-corrected chi connectivity index (χ1v) is 8.61. The van der Waals surface area contributed by atoms with E-state index in [9.17, 15) is 4.79 Å². The van der Waals surface area contributed by atoms with Crippen LogP contribution in [0, 0.1) is 6.92 Å². The Hall–Kier alpha value is -2.92. The minimum absolute atomic E-state index is 0.235. The lowest BCUT2D eigenvalue weighted by Gasteiger charge is -2.22. The molecule has 0 atom stereocenters. The molecule has 2 aromatic heterocycles. The van der Waals surface area contributed by atoms with E-state index in [0.29, 0.717) is 23.8 Å². The summed E-state index contributed by atoms with van der Waals surface area (Å²) in [7, 11) is 0. The van der Waals surface area contributed by atoms with Gasteiger partial charge in [0.15, 0.2) is 0 Å². The average molecular weight is 367 g/mol. The van der Waals surface area contributed by atoms with Crippen molar-refractivity contribution in [1.82, 2.24) is 14.9 Å². The number of carbonyl (C=O) groups is 1. The first kappa shape index (κ1) is 17.9. The Labute approximate surface area is 157 Å². The van der Waals surface area contributed by atoms with Crippen LogP contribution in [0.5, 0.6) is 0 Å². The minimum Gasteiger partial charge on any atom is -0.313 e. The summed E-state index contributed by atoms with van der Waals surface area (Å²) in [5.74, 6) is 0. The summed E-state index contributed by atoms with van der Waals surface area (Å²) in [6.45, 7) is 2.67. The van der Waals surface area contributed by atoms with Crippen molar-refractivity contribution in [3.8, 4) is 0 Å². The van der Waals surface area contributed by atoms with Crippen LogP contribution in [-0.2, 0) is 13.1 Å². The zero-order chi connectivity index (χ0) is 18.4. The molecule has 0 saturated heterocycles. The van der Waals surface area contributed by atoms with Gasteiger partial charge in [-0.15, -0.1) is 0 Å². The number of hydrogen-bond donors (Lipinski definition) is 1. The fourth-order valence-electron chi connectivity index (χ4n) is 2.45. The van der Waals surface area contributed by atoms with Crippen molar-refractivity contribution in [2.75, 3.05) is 5.32 Å². The van der Waals surface area contributed by atoms with Crippen molar-refractivity contribution in [2.45, 2.75) is 20.0 Å². The van der Waals surface area contributed by atoms with Gasteiger partial charge in [0, 0.05) is 23.1 Å². The number of hydrogen-bond acceptors (Lipinski definition) is 3. The number of aromatic nitrogens is 2. The molecule has 0 aliphatic carbocycles. The molecule has 0 aliphatic rings. The minimum atomic E-state index is -0.235. The monoisotopic (exact) mass is 366 g/mol. The summed E-state index contributed by atoms with van der Waals surface area (Å²) in [4.78, 5) is 23.1. The van der Waals surface area contributed by atoms with E-state index < -0.39 is 0 Å². The van der Waals surface area contributed by atoms with Gasteiger partial charge in [0.25, 0.3) is 0 Å². The maximum atomic E-state index is 12.8. The van der Waals surface area contributed by atoms with Gasteiger partial charge in [-0.3, -0.25) is 9.97 Å². The topological polar surface area (TPSA) is 58.1 Å². The molecule has 132 valence electrons. The first-order valence-electron chi connectivity index (χ1n) is 8.24. The highest BCUT2D eigenvalue weighted by Crippen LogP contribution is 2.20. The molecule has 0 aliphatic heterocycles. The molecule has 1 aromatic carbocycles. The van der Waals surface area contributed by atoms with E-state index in [2.05, 4.69) is 15.3 Å². The number of benzene rings is 1. The van der Waals surface area contributed by atoms with Gasteiger partial charge in [-0.1, -0.05) is 29.8 Å². The van der Waals surface area contributed by atoms with Crippen LogP contribution in [-0.4, -0.2) is 20.9 Å². The Bertz CT molecular complexity index is 830. The molecule has 2 amide bonds. The average Bonchev–Trinajstić information content (AvgIpc) is 2.66. The van der Waals surface area contributed by atoms with Crippen molar-refractivity contribution in [3.05, 3.63) is 89.0 Å². The zero-order valence-electron chi connectivity index (χ0n) is 14.4. The second kappa shape index (κ2) is 8.45. The lowest BCUT2D eigenvalue weighted by atomic mass is 10.2. The van der Waals surface area contributed by atoms with Crippen LogP contribution in [0.25, 0.3) is 0 Å². The first-order chi connectivity index (χ1) is 12.6. The number of anilines is 1. The Kier molecular flexibility index (Phi) is 5.81. The van der Waals surface area contributed by atoms with Gasteiger partial charge in [-0.2, -0.15) is 0 Å². The largest absolute Gasteiger partial charge is 0.322 e. The highest BCUT2D eigenvalue weighted by molar-refractivity contribution is 6.31. The maximum Gasteiger partial charge on any atom is 0.322 e. The van der Waals surface area contributed by atoms with E-state index in [1.165, 1.54) is 0 Å². The van der Waals surface area contributed by atoms with Crippen molar-refractivity contribution in [1.29, 1.82) is 0 Å². The Morgan fingerprint density at radius 2 is 1.62 bits per heavy atom. The SMILES string of the molecule is Cc1ccc(NC(=O)N(Cc2ccccn2)Cc2ccccn2)cc1Cl. The normalized spacial score (nSPS) is 10.4. The second-order valence-electron chi connectivity index (χ2n) is 5.89. The number of aryl methyl sites for hydroxylation is 1. The lowest BCUT2D eigenvalue weighted by molar-refractivity contribution is 0.205. The lowest BCUT2D eigenvalue weighted by Crippen LogP contribution is -2.34. The third kappa shape index (κ3) is 4.80. The molecule has 5 nitrogen and oxygen atoms in total. The summed E-state index contributed by atoms with van der Waals surface area (Å²) in [5.41, 5.74) is 3.22. The number of nitrogens with one attached hydrogen (secondary N) is 1. The Morgan fingerprint density at radius 1 is 1.00 bits per heavy atom. The number of halogens is 1. The molecule has 0 unspecified atom stereocenters. The Morgan fingerprint density at radius 3 is 2.12 bits per heavy atom. The van der Waals surface area contributed by atoms with E-state index in [-0.39, 0.29) is 6.03 Å². The van der Waals surface area contributed by atoms with E-state index >= 15 is 0 Å². The second-order valence-corrected chi connectivity index (χ2v) is 6.30. The molecule has 0 bridgehead atoms. The molecule has 0 fully saturated rings. The quantitative estimate of drug-likeness (QED) is 0.713. The molecule has 0 spiro atoms. The van der Waals surface area contributed by atoms with Crippen molar-refractivity contribution >= 4 is 23.3 Å². The maximum absolute atomic E-state index is 12.8. The van der Waals surface area contributed by atoms with Gasteiger partial charge >= 0.3 is 6.03 Å².